The van der Waals surface area contributed by atoms with Gasteiger partial charge < -0.3 is 15.2 Å². The first-order valence-corrected chi connectivity index (χ1v) is 6.12. The number of hydrogen-bond donors (Lipinski definition) is 2. The quantitative estimate of drug-likeness (QED) is 0.780. The van der Waals surface area contributed by atoms with Gasteiger partial charge in [-0.2, -0.15) is 8.78 Å². The maximum Gasteiger partial charge on any atom is 0.387 e. The van der Waals surface area contributed by atoms with Gasteiger partial charge in [0.25, 0.3) is 0 Å². The lowest BCUT2D eigenvalue weighted by molar-refractivity contribution is -0.131. The lowest BCUT2D eigenvalue weighted by atomic mass is 10.3. The molecule has 1 aromatic rings. The zero-order chi connectivity index (χ0) is 15.3. The van der Waals surface area contributed by atoms with E-state index in [1.807, 2.05) is 0 Å². The van der Waals surface area contributed by atoms with Crippen molar-refractivity contribution in [3.8, 4) is 5.75 Å². The van der Waals surface area contributed by atoms with Crippen LogP contribution in [0.5, 0.6) is 5.75 Å². The molecule has 108 valence electrons. The van der Waals surface area contributed by atoms with E-state index in [1.54, 1.807) is 0 Å². The molecule has 0 radical (unpaired) electrons. The number of carbonyl (C=O) groups is 2. The molecule has 0 bridgehead atoms. The van der Waals surface area contributed by atoms with Crippen molar-refractivity contribution < 1.29 is 28.2 Å². The van der Waals surface area contributed by atoms with Crippen molar-refractivity contribution in [2.45, 2.75) is 6.61 Å². The van der Waals surface area contributed by atoms with Crippen molar-refractivity contribution in [3.05, 3.63) is 33.8 Å². The van der Waals surface area contributed by atoms with Crippen LogP contribution < -0.4 is 10.1 Å². The van der Waals surface area contributed by atoms with Crippen LogP contribution in [0.25, 0.3) is 0 Å². The number of carboxylic acid groups (broad SMARTS) is 1. The number of alkyl halides is 2. The van der Waals surface area contributed by atoms with Crippen LogP contribution in [0.15, 0.2) is 28.8 Å². The monoisotopic (exact) mass is 369 g/mol. The molecular formula is C11H7BrClF2NO4. The molecule has 0 fully saturated rings. The van der Waals surface area contributed by atoms with E-state index in [0.717, 1.165) is 6.08 Å². The molecule has 0 spiro atoms. The predicted molar refractivity (Wildman–Crippen MR) is 71.2 cm³/mol. The van der Waals surface area contributed by atoms with E-state index in [1.165, 1.54) is 12.1 Å². The van der Waals surface area contributed by atoms with Crippen molar-refractivity contribution in [1.29, 1.82) is 0 Å². The third-order valence-electron chi connectivity index (χ3n) is 1.85. The van der Waals surface area contributed by atoms with Crippen LogP contribution in [-0.2, 0) is 9.59 Å². The Bertz CT molecular complexity index is 566. The van der Waals surface area contributed by atoms with Crippen molar-refractivity contribution >= 4 is 45.1 Å². The van der Waals surface area contributed by atoms with Gasteiger partial charge in [0.15, 0.2) is 5.75 Å². The van der Waals surface area contributed by atoms with Crippen LogP contribution in [-0.4, -0.2) is 23.6 Å². The number of hydrogen-bond acceptors (Lipinski definition) is 3. The van der Waals surface area contributed by atoms with E-state index in [0.29, 0.717) is 6.08 Å². The van der Waals surface area contributed by atoms with E-state index in [4.69, 9.17) is 16.7 Å². The van der Waals surface area contributed by atoms with Gasteiger partial charge in [0.05, 0.1) is 10.2 Å². The highest BCUT2D eigenvalue weighted by Gasteiger charge is 2.16. The molecule has 0 unspecified atom stereocenters. The van der Waals surface area contributed by atoms with Crippen molar-refractivity contribution in [2.75, 3.05) is 5.32 Å². The number of anilines is 1. The molecule has 20 heavy (non-hydrogen) atoms. The van der Waals surface area contributed by atoms with Gasteiger partial charge in [0.2, 0.25) is 5.91 Å². The maximum atomic E-state index is 12.3. The van der Waals surface area contributed by atoms with E-state index >= 15 is 0 Å². The second kappa shape index (κ2) is 7.20. The van der Waals surface area contributed by atoms with Crippen molar-refractivity contribution in [1.82, 2.24) is 0 Å². The summed E-state index contributed by atoms with van der Waals surface area (Å²) in [4.78, 5) is 21.7. The summed E-state index contributed by atoms with van der Waals surface area (Å²) in [6.07, 6.45) is 1.33. The highest BCUT2D eigenvalue weighted by molar-refractivity contribution is 9.10. The zero-order valence-electron chi connectivity index (χ0n) is 9.57. The molecule has 9 heteroatoms. The number of ether oxygens (including phenoxy) is 1. The Morgan fingerprint density at radius 1 is 1.40 bits per heavy atom. The summed E-state index contributed by atoms with van der Waals surface area (Å²) in [7, 11) is 0. The molecule has 0 aliphatic carbocycles. The number of amides is 1. The number of carboxylic acids is 1. The first-order chi connectivity index (χ1) is 9.29. The topological polar surface area (TPSA) is 75.6 Å². The number of benzene rings is 1. The lowest BCUT2D eigenvalue weighted by Crippen LogP contribution is -2.12. The highest BCUT2D eigenvalue weighted by Crippen LogP contribution is 2.37. The molecule has 0 aliphatic heterocycles. The van der Waals surface area contributed by atoms with Gasteiger partial charge in [-0.05, 0) is 28.1 Å². The zero-order valence-corrected chi connectivity index (χ0v) is 11.9. The molecule has 1 aromatic carbocycles. The third kappa shape index (κ3) is 5.14. The molecule has 0 atom stereocenters. The number of nitrogens with one attached hydrogen (secondary N) is 1. The molecule has 1 amide bonds. The van der Waals surface area contributed by atoms with Crippen LogP contribution >= 0.6 is 27.5 Å². The lowest BCUT2D eigenvalue weighted by Gasteiger charge is -2.13. The fourth-order valence-corrected chi connectivity index (χ4v) is 2.09. The average molecular weight is 371 g/mol. The molecule has 0 aromatic heterocycles. The molecule has 2 N–H and O–H groups in total. The van der Waals surface area contributed by atoms with Crippen LogP contribution in [0.2, 0.25) is 5.02 Å². The maximum absolute atomic E-state index is 12.3. The highest BCUT2D eigenvalue weighted by atomic mass is 79.9. The van der Waals surface area contributed by atoms with Crippen molar-refractivity contribution in [3.63, 3.8) is 0 Å². The van der Waals surface area contributed by atoms with Crippen LogP contribution in [0.3, 0.4) is 0 Å². The Labute approximate surface area is 125 Å². The van der Waals surface area contributed by atoms with Gasteiger partial charge in [-0.3, -0.25) is 4.79 Å². The smallest absolute Gasteiger partial charge is 0.387 e. The van der Waals surface area contributed by atoms with Crippen LogP contribution in [0.1, 0.15) is 0 Å². The molecule has 0 saturated heterocycles. The molecule has 5 nitrogen and oxygen atoms in total. The summed E-state index contributed by atoms with van der Waals surface area (Å²) in [5.41, 5.74) is -0.121. The summed E-state index contributed by atoms with van der Waals surface area (Å²) < 4.78 is 29.0. The fraction of sp³-hybridized carbons (Fsp3) is 0.0909. The third-order valence-corrected chi connectivity index (χ3v) is 2.66. The minimum absolute atomic E-state index is 0.114. The van der Waals surface area contributed by atoms with E-state index in [2.05, 4.69) is 26.0 Å². The fourth-order valence-electron chi connectivity index (χ4n) is 1.18. The standard InChI is InChI=1S/C11H7BrClF2NO4/c12-6-3-5(13)4-7(10(6)20-11(14)15)16-8(17)1-2-9(18)19/h1-4,11H,(H,16,17)(H,18,19)/b2-1+. The molecule has 1 rings (SSSR count). The Morgan fingerprint density at radius 2 is 2.05 bits per heavy atom. The molecule has 0 aliphatic rings. The Hall–Kier alpha value is -1.67. The first kappa shape index (κ1) is 16.4. The van der Waals surface area contributed by atoms with E-state index in [-0.39, 0.29) is 20.9 Å². The summed E-state index contributed by atoms with van der Waals surface area (Å²) in [6, 6.07) is 2.50. The van der Waals surface area contributed by atoms with Gasteiger partial charge in [0.1, 0.15) is 0 Å². The Kier molecular flexibility index (Phi) is 5.90. The normalized spacial score (nSPS) is 10.8. The van der Waals surface area contributed by atoms with Gasteiger partial charge in [-0.15, -0.1) is 0 Å². The van der Waals surface area contributed by atoms with E-state index in [9.17, 15) is 18.4 Å². The second-order valence-electron chi connectivity index (χ2n) is 3.30. The minimum Gasteiger partial charge on any atom is -0.478 e. The number of carbonyl (C=O) groups excluding carboxylic acids is 1. The average Bonchev–Trinajstić information content (AvgIpc) is 2.30. The predicted octanol–water partition coefficient (Wildman–Crippen LogP) is 3.28. The Balaban J connectivity index is 3.03. The largest absolute Gasteiger partial charge is 0.478 e. The summed E-state index contributed by atoms with van der Waals surface area (Å²) in [5, 5.41) is 10.7. The van der Waals surface area contributed by atoms with Gasteiger partial charge in [-0.1, -0.05) is 11.6 Å². The van der Waals surface area contributed by atoms with Gasteiger partial charge >= 0.3 is 12.6 Å². The second-order valence-corrected chi connectivity index (χ2v) is 4.59. The van der Waals surface area contributed by atoms with Crippen molar-refractivity contribution in [2.24, 2.45) is 0 Å². The number of halogens is 4. The van der Waals surface area contributed by atoms with Gasteiger partial charge in [-0.25, -0.2) is 4.79 Å². The number of rotatable bonds is 5. The summed E-state index contributed by atoms with van der Waals surface area (Å²) in [5.74, 6) is -2.47. The molecule has 0 saturated carbocycles. The summed E-state index contributed by atoms with van der Waals surface area (Å²) in [6.45, 7) is -3.10. The van der Waals surface area contributed by atoms with E-state index < -0.39 is 18.5 Å². The molecule has 0 heterocycles. The SMILES string of the molecule is O=C(O)/C=C/C(=O)Nc1cc(Cl)cc(Br)c1OC(F)F. The first-order valence-electron chi connectivity index (χ1n) is 4.95. The minimum atomic E-state index is -3.10. The molecular weight excluding hydrogens is 363 g/mol. The van der Waals surface area contributed by atoms with Crippen LogP contribution in [0, 0.1) is 0 Å². The van der Waals surface area contributed by atoms with Gasteiger partial charge in [0, 0.05) is 17.2 Å². The Morgan fingerprint density at radius 3 is 2.60 bits per heavy atom. The summed E-state index contributed by atoms with van der Waals surface area (Å²) >= 11 is 8.71. The van der Waals surface area contributed by atoms with Crippen LogP contribution in [0.4, 0.5) is 14.5 Å². The number of aliphatic carboxylic acids is 1.